The fourth-order valence-corrected chi connectivity index (χ4v) is 3.47. The number of hydrogen-bond donors (Lipinski definition) is 1. The van der Waals surface area contributed by atoms with Crippen LogP contribution in [0.1, 0.15) is 50.5 Å². The smallest absolute Gasteiger partial charge is 0.222 e. The third-order valence-corrected chi connectivity index (χ3v) is 4.91. The normalized spacial score (nSPS) is 11.4. The first-order valence-electron chi connectivity index (χ1n) is 10.5. The fraction of sp³-hybridized carbons (Fsp3) is 0.409. The Balaban J connectivity index is 1.84. The minimum absolute atomic E-state index is 0.256. The van der Waals surface area contributed by atoms with Crippen molar-refractivity contribution in [1.82, 2.24) is 34.3 Å². The summed E-state index contributed by atoms with van der Waals surface area (Å²) in [7, 11) is 1.86. The van der Waals surface area contributed by atoms with Gasteiger partial charge in [-0.05, 0) is 37.5 Å². The standard InChI is InChI=1S/C22H28N8O/c1-6-10-31-22-16(8-7-9-23-22)17-11-18(24-12-19-25-13-29(5)28-19)21-20(14(2)3)26-15(4)30(21)27-17/h7-9,11,13-14,24H,6,10,12H2,1-5H3. The van der Waals surface area contributed by atoms with Gasteiger partial charge in [-0.2, -0.15) is 10.2 Å². The first kappa shape index (κ1) is 20.8. The predicted molar refractivity (Wildman–Crippen MR) is 119 cm³/mol. The van der Waals surface area contributed by atoms with Gasteiger partial charge in [-0.15, -0.1) is 0 Å². The minimum Gasteiger partial charge on any atom is -0.477 e. The Morgan fingerprint density at radius 2 is 2.03 bits per heavy atom. The van der Waals surface area contributed by atoms with Crippen LogP contribution in [0.15, 0.2) is 30.7 Å². The first-order chi connectivity index (χ1) is 15.0. The van der Waals surface area contributed by atoms with Crippen molar-refractivity contribution >= 4 is 11.2 Å². The Morgan fingerprint density at radius 1 is 1.19 bits per heavy atom. The molecule has 0 aromatic carbocycles. The lowest BCUT2D eigenvalue weighted by atomic mass is 10.1. The molecule has 0 fully saturated rings. The van der Waals surface area contributed by atoms with Gasteiger partial charge < -0.3 is 10.1 Å². The molecular formula is C22H28N8O. The molecular weight excluding hydrogens is 392 g/mol. The number of rotatable bonds is 8. The molecule has 4 heterocycles. The van der Waals surface area contributed by atoms with Crippen LogP contribution in [-0.2, 0) is 13.6 Å². The highest BCUT2D eigenvalue weighted by Gasteiger charge is 2.20. The summed E-state index contributed by atoms with van der Waals surface area (Å²) in [6.07, 6.45) is 4.34. The molecule has 0 aliphatic heterocycles. The summed E-state index contributed by atoms with van der Waals surface area (Å²) in [5.74, 6) is 2.39. The van der Waals surface area contributed by atoms with Crippen LogP contribution in [0.2, 0.25) is 0 Å². The van der Waals surface area contributed by atoms with E-state index in [1.54, 1.807) is 17.2 Å². The maximum Gasteiger partial charge on any atom is 0.222 e. The second kappa shape index (κ2) is 8.71. The van der Waals surface area contributed by atoms with Crippen molar-refractivity contribution in [2.75, 3.05) is 11.9 Å². The largest absolute Gasteiger partial charge is 0.477 e. The average molecular weight is 421 g/mol. The van der Waals surface area contributed by atoms with Crippen LogP contribution in [0.25, 0.3) is 16.8 Å². The van der Waals surface area contributed by atoms with E-state index >= 15 is 0 Å². The number of aromatic nitrogens is 7. The summed E-state index contributed by atoms with van der Waals surface area (Å²) in [5, 5.41) is 12.8. The third-order valence-electron chi connectivity index (χ3n) is 4.91. The van der Waals surface area contributed by atoms with E-state index in [-0.39, 0.29) is 5.92 Å². The third kappa shape index (κ3) is 4.21. The Kier molecular flexibility index (Phi) is 5.83. The van der Waals surface area contributed by atoms with Gasteiger partial charge in [-0.3, -0.25) is 4.68 Å². The quantitative estimate of drug-likeness (QED) is 0.464. The molecule has 0 atom stereocenters. The second-order valence-corrected chi connectivity index (χ2v) is 7.80. The average Bonchev–Trinajstić information content (AvgIpc) is 3.33. The number of nitrogens with one attached hydrogen (secondary N) is 1. The molecule has 0 saturated carbocycles. The molecule has 0 aliphatic carbocycles. The van der Waals surface area contributed by atoms with E-state index in [9.17, 15) is 0 Å². The highest BCUT2D eigenvalue weighted by atomic mass is 16.5. The lowest BCUT2D eigenvalue weighted by molar-refractivity contribution is 0.306. The van der Waals surface area contributed by atoms with Gasteiger partial charge in [0.1, 0.15) is 17.7 Å². The zero-order valence-corrected chi connectivity index (χ0v) is 18.6. The van der Waals surface area contributed by atoms with Crippen LogP contribution in [0.4, 0.5) is 5.69 Å². The van der Waals surface area contributed by atoms with Crippen molar-refractivity contribution in [3.63, 3.8) is 0 Å². The van der Waals surface area contributed by atoms with Crippen LogP contribution in [0.5, 0.6) is 5.88 Å². The van der Waals surface area contributed by atoms with Crippen LogP contribution in [0.3, 0.4) is 0 Å². The van der Waals surface area contributed by atoms with Crippen LogP contribution in [-0.4, -0.2) is 41.0 Å². The molecule has 4 aromatic heterocycles. The van der Waals surface area contributed by atoms with Crippen molar-refractivity contribution in [2.24, 2.45) is 7.05 Å². The zero-order chi connectivity index (χ0) is 22.0. The van der Waals surface area contributed by atoms with E-state index < -0.39 is 0 Å². The van der Waals surface area contributed by atoms with Gasteiger partial charge in [-0.1, -0.05) is 20.8 Å². The Labute approximate surface area is 181 Å². The van der Waals surface area contributed by atoms with Gasteiger partial charge in [0, 0.05) is 13.2 Å². The number of anilines is 1. The second-order valence-electron chi connectivity index (χ2n) is 7.80. The molecule has 4 aromatic rings. The van der Waals surface area contributed by atoms with E-state index in [4.69, 9.17) is 14.8 Å². The van der Waals surface area contributed by atoms with Crippen LogP contribution in [0, 0.1) is 6.92 Å². The maximum atomic E-state index is 5.88. The first-order valence-corrected chi connectivity index (χ1v) is 10.5. The molecule has 0 aliphatic rings. The van der Waals surface area contributed by atoms with Gasteiger partial charge in [0.05, 0.1) is 35.8 Å². The van der Waals surface area contributed by atoms with E-state index in [1.807, 2.05) is 36.7 Å². The summed E-state index contributed by atoms with van der Waals surface area (Å²) in [5.41, 5.74) is 4.50. The summed E-state index contributed by atoms with van der Waals surface area (Å²) in [4.78, 5) is 13.5. The Hall–Kier alpha value is -3.49. The van der Waals surface area contributed by atoms with Gasteiger partial charge in [0.25, 0.3) is 0 Å². The van der Waals surface area contributed by atoms with E-state index in [2.05, 4.69) is 41.2 Å². The molecule has 0 spiro atoms. The molecule has 1 N–H and O–H groups in total. The minimum atomic E-state index is 0.256. The molecule has 0 saturated heterocycles. The Morgan fingerprint density at radius 3 is 2.74 bits per heavy atom. The molecule has 0 radical (unpaired) electrons. The SMILES string of the molecule is CCCOc1ncccc1-c1cc(NCc2ncn(C)n2)c2c(C(C)C)nc(C)n2n1. The maximum absolute atomic E-state index is 5.88. The topological polar surface area (TPSA) is 95.0 Å². The zero-order valence-electron chi connectivity index (χ0n) is 18.6. The van der Waals surface area contributed by atoms with Crippen molar-refractivity contribution < 1.29 is 4.74 Å². The highest BCUT2D eigenvalue weighted by Crippen LogP contribution is 2.33. The molecule has 0 bridgehead atoms. The number of imidazole rings is 1. The van der Waals surface area contributed by atoms with Crippen molar-refractivity contribution in [2.45, 2.75) is 46.6 Å². The van der Waals surface area contributed by atoms with Crippen LogP contribution >= 0.6 is 0 Å². The number of nitrogens with zero attached hydrogens (tertiary/aromatic N) is 7. The van der Waals surface area contributed by atoms with E-state index in [0.717, 1.165) is 46.2 Å². The number of pyridine rings is 1. The van der Waals surface area contributed by atoms with Crippen molar-refractivity contribution in [3.05, 3.63) is 48.1 Å². The molecule has 162 valence electrons. The molecule has 31 heavy (non-hydrogen) atoms. The van der Waals surface area contributed by atoms with Gasteiger partial charge in [0.15, 0.2) is 5.82 Å². The summed E-state index contributed by atoms with van der Waals surface area (Å²) >= 11 is 0. The van der Waals surface area contributed by atoms with Crippen molar-refractivity contribution in [1.29, 1.82) is 0 Å². The van der Waals surface area contributed by atoms with Crippen molar-refractivity contribution in [3.8, 4) is 17.1 Å². The monoisotopic (exact) mass is 420 g/mol. The number of ether oxygens (including phenoxy) is 1. The summed E-state index contributed by atoms with van der Waals surface area (Å²) in [6, 6.07) is 5.90. The van der Waals surface area contributed by atoms with E-state index in [0.29, 0.717) is 19.0 Å². The lowest BCUT2D eigenvalue weighted by Crippen LogP contribution is -2.08. The molecule has 0 amide bonds. The van der Waals surface area contributed by atoms with Gasteiger partial charge in [0.2, 0.25) is 5.88 Å². The van der Waals surface area contributed by atoms with Gasteiger partial charge >= 0.3 is 0 Å². The lowest BCUT2D eigenvalue weighted by Gasteiger charge is -2.14. The number of aryl methyl sites for hydroxylation is 2. The Bertz CT molecular complexity index is 1190. The summed E-state index contributed by atoms with van der Waals surface area (Å²) in [6.45, 7) is 9.41. The highest BCUT2D eigenvalue weighted by molar-refractivity contribution is 5.80. The fourth-order valence-electron chi connectivity index (χ4n) is 3.47. The van der Waals surface area contributed by atoms with Gasteiger partial charge in [-0.25, -0.2) is 19.5 Å². The summed E-state index contributed by atoms with van der Waals surface area (Å²) < 4.78 is 9.47. The van der Waals surface area contributed by atoms with E-state index in [1.165, 1.54) is 0 Å². The van der Waals surface area contributed by atoms with Crippen LogP contribution < -0.4 is 10.1 Å². The molecule has 4 rings (SSSR count). The molecule has 0 unspecified atom stereocenters. The predicted octanol–water partition coefficient (Wildman–Crippen LogP) is 3.75. The number of fused-ring (bicyclic) bond motifs is 1. The molecule has 9 heteroatoms. The molecule has 9 nitrogen and oxygen atoms in total. The number of hydrogen-bond acceptors (Lipinski definition) is 7.